The molecule has 116 valence electrons. The van der Waals surface area contributed by atoms with Gasteiger partial charge in [-0.25, -0.2) is 9.97 Å². The van der Waals surface area contributed by atoms with Crippen molar-refractivity contribution in [2.24, 2.45) is 10.3 Å². The fourth-order valence-electron chi connectivity index (χ4n) is 1.42. The van der Waals surface area contributed by atoms with Gasteiger partial charge in [0.15, 0.2) is 11.6 Å². The summed E-state index contributed by atoms with van der Waals surface area (Å²) < 4.78 is 21.1. The second kappa shape index (κ2) is 7.93. The molecule has 0 aliphatic carbocycles. The average molecular weight is 325 g/mol. The quantitative estimate of drug-likeness (QED) is 0.425. The molecule has 0 aromatic carbocycles. The zero-order chi connectivity index (χ0) is 15.8. The molecule has 0 aliphatic rings. The van der Waals surface area contributed by atoms with Gasteiger partial charge >= 0.3 is 8.25 Å². The molecular weight excluding hydrogens is 311 g/mol. The number of nitrogens with one attached hydrogen (secondary N) is 2. The van der Waals surface area contributed by atoms with Gasteiger partial charge in [-0.15, -0.1) is 0 Å². The molecule has 0 fully saturated rings. The molecule has 2 aromatic heterocycles. The molecule has 0 spiro atoms. The minimum Gasteiger partial charge on any atom is -0.258 e. The highest BCUT2D eigenvalue weighted by Gasteiger charge is 2.24. The van der Waals surface area contributed by atoms with Crippen molar-refractivity contribution in [3.8, 4) is 0 Å². The van der Waals surface area contributed by atoms with E-state index in [-0.39, 0.29) is 0 Å². The number of nitrogens with zero attached hydrogens (tertiary/aromatic N) is 6. The van der Waals surface area contributed by atoms with E-state index in [1.54, 1.807) is 0 Å². The number of aromatic amines is 2. The van der Waals surface area contributed by atoms with E-state index < -0.39 is 8.25 Å². The number of oxime groups is 2. The van der Waals surface area contributed by atoms with Crippen LogP contribution < -0.4 is 0 Å². The van der Waals surface area contributed by atoms with Crippen LogP contribution in [-0.4, -0.2) is 41.8 Å². The smallest absolute Gasteiger partial charge is 0.258 e. The molecule has 2 heterocycles. The number of hydrogen-bond donors (Lipinski definition) is 2. The summed E-state index contributed by atoms with van der Waals surface area (Å²) in [5, 5.41) is 20.1. The third kappa shape index (κ3) is 4.16. The van der Waals surface area contributed by atoms with Crippen LogP contribution in [-0.2, 0) is 13.8 Å². The lowest BCUT2D eigenvalue weighted by Crippen LogP contribution is -2.03. The molecular formula is C10H14N8O3P+. The second-order valence-corrected chi connectivity index (χ2v) is 4.61. The second-order valence-electron chi connectivity index (χ2n) is 3.84. The normalized spacial score (nSPS) is 13.1. The molecule has 0 aliphatic heterocycles. The molecule has 2 aromatic rings. The number of rotatable bonds is 8. The number of aromatic nitrogens is 6. The van der Waals surface area contributed by atoms with Crippen LogP contribution in [0.4, 0.5) is 0 Å². The van der Waals surface area contributed by atoms with Gasteiger partial charge in [0.1, 0.15) is 24.1 Å². The van der Waals surface area contributed by atoms with Gasteiger partial charge in [-0.1, -0.05) is 23.1 Å². The summed E-state index contributed by atoms with van der Waals surface area (Å²) in [7, 11) is -2.56. The van der Waals surface area contributed by atoms with Crippen molar-refractivity contribution in [2.45, 2.75) is 26.7 Å². The molecule has 2 rings (SSSR count). The first-order valence-corrected chi connectivity index (χ1v) is 7.50. The van der Waals surface area contributed by atoms with Crippen molar-refractivity contribution >= 4 is 19.7 Å². The Kier molecular flexibility index (Phi) is 5.66. The Balaban J connectivity index is 1.95. The van der Waals surface area contributed by atoms with E-state index in [0.717, 1.165) is 0 Å². The average Bonchev–Trinajstić information content (AvgIpc) is 3.22. The molecule has 0 saturated heterocycles. The van der Waals surface area contributed by atoms with Gasteiger partial charge in [0.25, 0.3) is 0 Å². The lowest BCUT2D eigenvalue weighted by atomic mass is 10.3. The Morgan fingerprint density at radius 2 is 1.50 bits per heavy atom. The van der Waals surface area contributed by atoms with Crippen molar-refractivity contribution in [1.82, 2.24) is 30.4 Å². The molecule has 0 unspecified atom stereocenters. The first-order chi connectivity index (χ1) is 10.7. The molecule has 0 bridgehead atoms. The maximum Gasteiger partial charge on any atom is 0.851 e. The van der Waals surface area contributed by atoms with Crippen LogP contribution in [0.25, 0.3) is 0 Å². The van der Waals surface area contributed by atoms with E-state index in [1.165, 1.54) is 12.7 Å². The lowest BCUT2D eigenvalue weighted by Gasteiger charge is -1.94. The topological polar surface area (TPSA) is 143 Å². The van der Waals surface area contributed by atoms with Gasteiger partial charge in [0.2, 0.25) is 0 Å². The molecule has 0 saturated carbocycles. The van der Waals surface area contributed by atoms with Crippen molar-refractivity contribution in [3.63, 3.8) is 0 Å². The van der Waals surface area contributed by atoms with E-state index in [9.17, 15) is 4.57 Å². The van der Waals surface area contributed by atoms with E-state index >= 15 is 0 Å². The fraction of sp³-hybridized carbons (Fsp3) is 0.400. The Morgan fingerprint density at radius 1 is 1.05 bits per heavy atom. The molecule has 2 N–H and O–H groups in total. The predicted octanol–water partition coefficient (Wildman–Crippen LogP) is 1.54. The third-order valence-corrected chi connectivity index (χ3v) is 2.91. The predicted molar refractivity (Wildman–Crippen MR) is 76.2 cm³/mol. The van der Waals surface area contributed by atoms with Gasteiger partial charge < -0.3 is 0 Å². The van der Waals surface area contributed by atoms with E-state index in [4.69, 9.17) is 9.25 Å². The van der Waals surface area contributed by atoms with Crippen LogP contribution in [0.15, 0.2) is 23.0 Å². The van der Waals surface area contributed by atoms with Crippen LogP contribution in [0.3, 0.4) is 0 Å². The number of hydrogen-bond acceptors (Lipinski definition) is 9. The first kappa shape index (κ1) is 15.7. The molecule has 0 radical (unpaired) electrons. The van der Waals surface area contributed by atoms with Gasteiger partial charge in [0, 0.05) is 4.57 Å². The zero-order valence-electron chi connectivity index (χ0n) is 11.9. The van der Waals surface area contributed by atoms with Gasteiger partial charge in [-0.05, 0) is 23.2 Å². The maximum atomic E-state index is 11.6. The zero-order valence-corrected chi connectivity index (χ0v) is 12.8. The van der Waals surface area contributed by atoms with E-state index in [2.05, 4.69) is 40.7 Å². The molecule has 11 nitrogen and oxygen atoms in total. The molecule has 12 heteroatoms. The first-order valence-electron chi connectivity index (χ1n) is 6.41. The maximum absolute atomic E-state index is 11.6. The van der Waals surface area contributed by atoms with Gasteiger partial charge in [-0.3, -0.25) is 10.2 Å². The van der Waals surface area contributed by atoms with Crippen LogP contribution >= 0.6 is 8.25 Å². The highest BCUT2D eigenvalue weighted by Crippen LogP contribution is 2.25. The van der Waals surface area contributed by atoms with Crippen molar-refractivity contribution < 1.29 is 13.8 Å². The van der Waals surface area contributed by atoms with E-state index in [1.807, 2.05) is 13.8 Å². The Bertz CT molecular complexity index is 596. The third-order valence-electron chi connectivity index (χ3n) is 2.48. The SMILES string of the molecule is CCC(=NO[P+](=O)ON=C(CC)c1ncn[nH]1)c1ncn[nH]1. The summed E-state index contributed by atoms with van der Waals surface area (Å²) >= 11 is 0. The standard InChI is InChI=1S/C10H14N8O3P/c1-3-7(9-11-5-13-15-9)17-20-22(19)21-18-8(4-2)10-12-6-14-16-10/h5-6H,3-4H2,1-2H3,(H,11,13,15)(H,12,14,16)/q+1. The van der Waals surface area contributed by atoms with Crippen LogP contribution in [0.5, 0.6) is 0 Å². The van der Waals surface area contributed by atoms with Crippen LogP contribution in [0.1, 0.15) is 38.3 Å². The highest BCUT2D eigenvalue weighted by molar-refractivity contribution is 7.33. The van der Waals surface area contributed by atoms with Gasteiger partial charge in [-0.2, -0.15) is 10.2 Å². The van der Waals surface area contributed by atoms with Crippen LogP contribution in [0.2, 0.25) is 0 Å². The summed E-state index contributed by atoms with van der Waals surface area (Å²) in [6.45, 7) is 3.69. The Morgan fingerprint density at radius 3 is 1.82 bits per heavy atom. The lowest BCUT2D eigenvalue weighted by molar-refractivity contribution is 0.240. The fourth-order valence-corrected chi connectivity index (χ4v) is 1.78. The highest BCUT2D eigenvalue weighted by atomic mass is 31.1. The Hall–Kier alpha value is -2.68. The molecule has 0 atom stereocenters. The minimum atomic E-state index is -2.56. The van der Waals surface area contributed by atoms with Gasteiger partial charge in [0.05, 0.1) is 0 Å². The largest absolute Gasteiger partial charge is 0.851 e. The summed E-state index contributed by atoms with van der Waals surface area (Å²) in [6.07, 6.45) is 3.71. The minimum absolute atomic E-state index is 0.435. The molecule has 22 heavy (non-hydrogen) atoms. The monoisotopic (exact) mass is 325 g/mol. The Labute approximate surface area is 126 Å². The van der Waals surface area contributed by atoms with Crippen molar-refractivity contribution in [1.29, 1.82) is 0 Å². The van der Waals surface area contributed by atoms with Crippen molar-refractivity contribution in [3.05, 3.63) is 24.3 Å². The summed E-state index contributed by atoms with van der Waals surface area (Å²) in [6, 6.07) is 0. The summed E-state index contributed by atoms with van der Waals surface area (Å²) in [5.74, 6) is 0.871. The molecule has 0 amide bonds. The number of H-pyrrole nitrogens is 2. The summed E-state index contributed by atoms with van der Waals surface area (Å²) in [5.41, 5.74) is 0.916. The van der Waals surface area contributed by atoms with Crippen LogP contribution in [0, 0.1) is 0 Å². The van der Waals surface area contributed by atoms with E-state index in [0.29, 0.717) is 35.9 Å². The summed E-state index contributed by atoms with van der Waals surface area (Å²) in [4.78, 5) is 7.85. The van der Waals surface area contributed by atoms with Crippen molar-refractivity contribution in [2.75, 3.05) is 0 Å².